The van der Waals surface area contributed by atoms with E-state index in [9.17, 15) is 4.79 Å². The first-order valence-electron chi connectivity index (χ1n) is 8.25. The largest absolute Gasteiger partial charge is 0.487 e. The van der Waals surface area contributed by atoms with Gasteiger partial charge in [0.15, 0.2) is 0 Å². The maximum absolute atomic E-state index is 12.1. The number of pyridine rings is 1. The van der Waals surface area contributed by atoms with Gasteiger partial charge in [-0.05, 0) is 30.2 Å². The smallest absolute Gasteiger partial charge is 0.241 e. The standard InChI is InChI=1S/C19H22N4O2.ClH/c1-13(2)18(20)19(24)22-14-6-5-7-16(10-14)25-12-15-11-23-9-4-3-8-17(23)21-15;/h3-11,13,18H,12,20H2,1-2H3,(H,22,24);1H/t18-;/m0./s1. The second kappa shape index (κ2) is 8.69. The molecule has 0 saturated carbocycles. The van der Waals surface area contributed by atoms with Crippen LogP contribution in [0, 0.1) is 5.92 Å². The zero-order chi connectivity index (χ0) is 17.8. The van der Waals surface area contributed by atoms with Gasteiger partial charge in [-0.3, -0.25) is 4.79 Å². The van der Waals surface area contributed by atoms with Crippen LogP contribution in [0.5, 0.6) is 5.75 Å². The predicted octanol–water partition coefficient (Wildman–Crippen LogP) is 3.26. The number of fused-ring (bicyclic) bond motifs is 1. The molecule has 0 radical (unpaired) electrons. The van der Waals surface area contributed by atoms with Crippen LogP contribution in [0.25, 0.3) is 5.65 Å². The Labute approximate surface area is 158 Å². The Bertz CT molecular complexity index is 846. The molecule has 0 saturated heterocycles. The molecule has 3 N–H and O–H groups in total. The van der Waals surface area contributed by atoms with E-state index in [1.807, 2.05) is 67.0 Å². The number of hydrogen-bond acceptors (Lipinski definition) is 4. The zero-order valence-corrected chi connectivity index (χ0v) is 15.6. The van der Waals surface area contributed by atoms with Crippen LogP contribution in [0.3, 0.4) is 0 Å². The first-order valence-corrected chi connectivity index (χ1v) is 8.25. The van der Waals surface area contributed by atoms with Crippen LogP contribution in [-0.2, 0) is 11.4 Å². The van der Waals surface area contributed by atoms with E-state index in [4.69, 9.17) is 10.5 Å². The highest BCUT2D eigenvalue weighted by molar-refractivity contribution is 5.94. The van der Waals surface area contributed by atoms with Crippen molar-refractivity contribution in [2.24, 2.45) is 11.7 Å². The predicted molar refractivity (Wildman–Crippen MR) is 105 cm³/mol. The van der Waals surface area contributed by atoms with Gasteiger partial charge in [0.1, 0.15) is 18.0 Å². The Hall–Kier alpha value is -2.57. The number of benzene rings is 1. The monoisotopic (exact) mass is 374 g/mol. The van der Waals surface area contributed by atoms with E-state index >= 15 is 0 Å². The van der Waals surface area contributed by atoms with Crippen molar-refractivity contribution >= 4 is 29.6 Å². The van der Waals surface area contributed by atoms with E-state index < -0.39 is 6.04 Å². The molecule has 0 unspecified atom stereocenters. The number of imidazole rings is 1. The lowest BCUT2D eigenvalue weighted by Gasteiger charge is -2.15. The SMILES string of the molecule is CC(C)[C@H](N)C(=O)Nc1cccc(OCc2cn3ccccc3n2)c1.Cl. The third-order valence-corrected chi connectivity index (χ3v) is 3.92. The molecule has 1 amide bonds. The summed E-state index contributed by atoms with van der Waals surface area (Å²) in [6.07, 6.45) is 3.88. The van der Waals surface area contributed by atoms with Crippen LogP contribution >= 0.6 is 12.4 Å². The van der Waals surface area contributed by atoms with E-state index in [2.05, 4.69) is 10.3 Å². The Kier molecular flexibility index (Phi) is 6.60. The van der Waals surface area contributed by atoms with E-state index in [1.165, 1.54) is 0 Å². The molecular formula is C19H23ClN4O2. The highest BCUT2D eigenvalue weighted by atomic mass is 35.5. The molecule has 1 aromatic carbocycles. The number of anilines is 1. The molecule has 26 heavy (non-hydrogen) atoms. The maximum atomic E-state index is 12.1. The van der Waals surface area contributed by atoms with Crippen molar-refractivity contribution < 1.29 is 9.53 Å². The highest BCUT2D eigenvalue weighted by Gasteiger charge is 2.17. The van der Waals surface area contributed by atoms with Crippen LogP contribution in [0.4, 0.5) is 5.69 Å². The molecule has 3 rings (SSSR count). The van der Waals surface area contributed by atoms with Gasteiger partial charge in [-0.1, -0.05) is 26.0 Å². The molecule has 0 aliphatic rings. The fourth-order valence-corrected chi connectivity index (χ4v) is 2.41. The summed E-state index contributed by atoms with van der Waals surface area (Å²) in [7, 11) is 0. The zero-order valence-electron chi connectivity index (χ0n) is 14.8. The minimum Gasteiger partial charge on any atom is -0.487 e. The summed E-state index contributed by atoms with van der Waals surface area (Å²) in [5.74, 6) is 0.537. The third-order valence-electron chi connectivity index (χ3n) is 3.92. The first kappa shape index (κ1) is 19.8. The summed E-state index contributed by atoms with van der Waals surface area (Å²) in [6, 6.07) is 12.6. The van der Waals surface area contributed by atoms with Crippen molar-refractivity contribution in [3.63, 3.8) is 0 Å². The number of rotatable bonds is 6. The number of hydrogen-bond donors (Lipinski definition) is 2. The summed E-state index contributed by atoms with van der Waals surface area (Å²) in [4.78, 5) is 16.5. The number of halogens is 1. The number of amides is 1. The van der Waals surface area contributed by atoms with Gasteiger partial charge in [-0.2, -0.15) is 0 Å². The number of nitrogens with two attached hydrogens (primary N) is 1. The summed E-state index contributed by atoms with van der Waals surface area (Å²) in [6.45, 7) is 4.18. The number of aromatic nitrogens is 2. The van der Waals surface area contributed by atoms with Crippen LogP contribution in [0.2, 0.25) is 0 Å². The second-order valence-corrected chi connectivity index (χ2v) is 6.27. The molecule has 2 aromatic heterocycles. The van der Waals surface area contributed by atoms with Crippen molar-refractivity contribution in [3.05, 3.63) is 60.6 Å². The van der Waals surface area contributed by atoms with Crippen molar-refractivity contribution in [1.82, 2.24) is 9.38 Å². The topological polar surface area (TPSA) is 81.7 Å². The number of nitrogens with zero attached hydrogens (tertiary/aromatic N) is 2. The van der Waals surface area contributed by atoms with Gasteiger partial charge in [-0.15, -0.1) is 12.4 Å². The van der Waals surface area contributed by atoms with Gasteiger partial charge >= 0.3 is 0 Å². The van der Waals surface area contributed by atoms with Gasteiger partial charge in [-0.25, -0.2) is 4.98 Å². The Balaban J connectivity index is 0.00000243. The van der Waals surface area contributed by atoms with Crippen LogP contribution < -0.4 is 15.8 Å². The number of carbonyl (C=O) groups is 1. The average molecular weight is 375 g/mol. The molecule has 2 heterocycles. The van der Waals surface area contributed by atoms with Gasteiger partial charge in [0, 0.05) is 24.1 Å². The second-order valence-electron chi connectivity index (χ2n) is 6.27. The van der Waals surface area contributed by atoms with Gasteiger partial charge < -0.3 is 20.2 Å². The molecule has 0 aliphatic carbocycles. The van der Waals surface area contributed by atoms with Crippen LogP contribution in [-0.4, -0.2) is 21.3 Å². The molecule has 0 aliphatic heterocycles. The third kappa shape index (κ3) is 4.74. The van der Waals surface area contributed by atoms with E-state index in [0.29, 0.717) is 18.0 Å². The molecular weight excluding hydrogens is 352 g/mol. The molecule has 3 aromatic rings. The number of nitrogens with one attached hydrogen (secondary N) is 1. The van der Waals surface area contributed by atoms with Crippen molar-refractivity contribution in [2.45, 2.75) is 26.5 Å². The highest BCUT2D eigenvalue weighted by Crippen LogP contribution is 2.19. The minimum atomic E-state index is -0.539. The van der Waals surface area contributed by atoms with Crippen molar-refractivity contribution in [3.8, 4) is 5.75 Å². The van der Waals surface area contributed by atoms with Crippen LogP contribution in [0.1, 0.15) is 19.5 Å². The Morgan fingerprint density at radius 2 is 2.08 bits per heavy atom. The van der Waals surface area contributed by atoms with E-state index in [0.717, 1.165) is 11.3 Å². The first-order chi connectivity index (χ1) is 12.0. The molecule has 0 bridgehead atoms. The maximum Gasteiger partial charge on any atom is 0.241 e. The molecule has 0 spiro atoms. The lowest BCUT2D eigenvalue weighted by molar-refractivity contribution is -0.118. The van der Waals surface area contributed by atoms with Gasteiger partial charge in [0.05, 0.1) is 11.7 Å². The molecule has 7 heteroatoms. The normalized spacial score (nSPS) is 11.8. The molecule has 138 valence electrons. The summed E-state index contributed by atoms with van der Waals surface area (Å²) in [5, 5.41) is 2.82. The minimum absolute atomic E-state index is 0. The molecule has 0 fully saturated rings. The average Bonchev–Trinajstić information content (AvgIpc) is 3.02. The van der Waals surface area contributed by atoms with E-state index in [1.54, 1.807) is 6.07 Å². The Morgan fingerprint density at radius 3 is 2.81 bits per heavy atom. The fourth-order valence-electron chi connectivity index (χ4n) is 2.41. The Morgan fingerprint density at radius 1 is 1.27 bits per heavy atom. The molecule has 1 atom stereocenters. The van der Waals surface area contributed by atoms with E-state index in [-0.39, 0.29) is 24.2 Å². The van der Waals surface area contributed by atoms with Gasteiger partial charge in [0.2, 0.25) is 5.91 Å². The number of ether oxygens (including phenoxy) is 1. The molecule has 6 nitrogen and oxygen atoms in total. The summed E-state index contributed by atoms with van der Waals surface area (Å²) >= 11 is 0. The van der Waals surface area contributed by atoms with Gasteiger partial charge in [0.25, 0.3) is 0 Å². The summed E-state index contributed by atoms with van der Waals surface area (Å²) in [5.41, 5.74) is 8.24. The summed E-state index contributed by atoms with van der Waals surface area (Å²) < 4.78 is 7.74. The lowest BCUT2D eigenvalue weighted by Crippen LogP contribution is -2.39. The quantitative estimate of drug-likeness (QED) is 0.693. The van der Waals surface area contributed by atoms with Crippen LogP contribution in [0.15, 0.2) is 54.9 Å². The van der Waals surface area contributed by atoms with Crippen molar-refractivity contribution in [1.29, 1.82) is 0 Å². The lowest BCUT2D eigenvalue weighted by atomic mass is 10.0. The number of carbonyl (C=O) groups excluding carboxylic acids is 1. The van der Waals surface area contributed by atoms with Crippen molar-refractivity contribution in [2.75, 3.05) is 5.32 Å². The fraction of sp³-hybridized carbons (Fsp3) is 0.263.